The standard InChI is InChI=1S/C40H25N5O3/c1-44-30-15-5-7-17-32(30)45(33-18-8-6-16-31(33)44)37-25(39-42-28-13-3-10-20-35(28)47-39)22-24(38-41-27-12-2-9-19-34(27)46-38)23-26(37)40-43-29-14-4-11-21-36(29)48-40/h2-23H,1H3. The zero-order valence-corrected chi connectivity index (χ0v) is 25.7. The summed E-state index contributed by atoms with van der Waals surface area (Å²) in [5, 5.41) is 0. The molecule has 0 atom stereocenters. The van der Waals surface area contributed by atoms with Crippen molar-refractivity contribution in [3.63, 3.8) is 0 Å². The van der Waals surface area contributed by atoms with Crippen LogP contribution >= 0.6 is 0 Å². The minimum Gasteiger partial charge on any atom is -0.436 e. The van der Waals surface area contributed by atoms with Gasteiger partial charge in [-0.3, -0.25) is 0 Å². The van der Waals surface area contributed by atoms with Crippen molar-refractivity contribution in [2.75, 3.05) is 16.8 Å². The highest BCUT2D eigenvalue weighted by Gasteiger charge is 2.34. The van der Waals surface area contributed by atoms with E-state index in [1.165, 1.54) is 0 Å². The summed E-state index contributed by atoms with van der Waals surface area (Å²) in [6.45, 7) is 0. The summed E-state index contributed by atoms with van der Waals surface area (Å²) in [4.78, 5) is 19.4. The van der Waals surface area contributed by atoms with Gasteiger partial charge in [0.05, 0.1) is 39.6 Å². The molecule has 8 nitrogen and oxygen atoms in total. The molecule has 0 fully saturated rings. The maximum Gasteiger partial charge on any atom is 0.229 e. The van der Waals surface area contributed by atoms with Gasteiger partial charge in [0.15, 0.2) is 16.7 Å². The summed E-state index contributed by atoms with van der Waals surface area (Å²) in [6, 6.07) is 44.1. The first kappa shape index (κ1) is 26.5. The zero-order valence-electron chi connectivity index (χ0n) is 25.7. The van der Waals surface area contributed by atoms with Gasteiger partial charge in [0.1, 0.15) is 16.6 Å². The molecule has 1 aliphatic rings. The molecule has 3 aromatic heterocycles. The molecule has 0 bridgehead atoms. The third-order valence-electron chi connectivity index (χ3n) is 8.89. The number of anilines is 5. The Balaban J connectivity index is 1.35. The maximum atomic E-state index is 6.53. The fraction of sp³-hybridized carbons (Fsp3) is 0.0250. The fourth-order valence-electron chi connectivity index (χ4n) is 6.67. The van der Waals surface area contributed by atoms with Gasteiger partial charge in [-0.25, -0.2) is 15.0 Å². The summed E-state index contributed by atoms with van der Waals surface area (Å²) in [7, 11) is 2.09. The first-order valence-corrected chi connectivity index (χ1v) is 15.7. The van der Waals surface area contributed by atoms with Crippen LogP contribution in [0, 0.1) is 0 Å². The van der Waals surface area contributed by atoms with Gasteiger partial charge in [0.25, 0.3) is 0 Å². The van der Waals surface area contributed by atoms with Gasteiger partial charge in [-0.1, -0.05) is 60.7 Å². The van der Waals surface area contributed by atoms with Crippen molar-refractivity contribution in [3.8, 4) is 34.4 Å². The van der Waals surface area contributed by atoms with Crippen LogP contribution in [-0.2, 0) is 0 Å². The van der Waals surface area contributed by atoms with Gasteiger partial charge in [-0.15, -0.1) is 0 Å². The Bertz CT molecular complexity index is 2440. The molecule has 8 heteroatoms. The van der Waals surface area contributed by atoms with E-state index in [1.54, 1.807) is 0 Å². The number of fused-ring (bicyclic) bond motifs is 5. The minimum atomic E-state index is 0.454. The van der Waals surface area contributed by atoms with Crippen molar-refractivity contribution in [3.05, 3.63) is 133 Å². The lowest BCUT2D eigenvalue weighted by atomic mass is 9.97. The average Bonchev–Trinajstić information content (AvgIpc) is 3.88. The first-order chi connectivity index (χ1) is 23.7. The molecule has 10 rings (SSSR count). The number of benzene rings is 6. The van der Waals surface area contributed by atoms with Crippen LogP contribution in [0.1, 0.15) is 0 Å². The number of para-hydroxylation sites is 10. The molecular formula is C40H25N5O3. The Hall–Kier alpha value is -6.67. The van der Waals surface area contributed by atoms with E-state index in [9.17, 15) is 0 Å². The van der Waals surface area contributed by atoms with Crippen LogP contribution in [0.4, 0.5) is 28.4 Å². The second-order valence-electron chi connectivity index (χ2n) is 11.8. The van der Waals surface area contributed by atoms with Gasteiger partial charge in [-0.05, 0) is 72.8 Å². The molecule has 0 spiro atoms. The number of rotatable bonds is 4. The van der Waals surface area contributed by atoms with Crippen LogP contribution in [0.2, 0.25) is 0 Å². The van der Waals surface area contributed by atoms with E-state index in [4.69, 9.17) is 28.2 Å². The number of aromatic nitrogens is 3. The average molecular weight is 624 g/mol. The number of hydrogen-bond donors (Lipinski definition) is 0. The number of hydrogen-bond acceptors (Lipinski definition) is 8. The largest absolute Gasteiger partial charge is 0.436 e. The third-order valence-corrected chi connectivity index (χ3v) is 8.89. The highest BCUT2D eigenvalue weighted by atomic mass is 16.4. The van der Waals surface area contributed by atoms with Crippen molar-refractivity contribution >= 4 is 61.7 Å². The summed E-state index contributed by atoms with van der Waals surface area (Å²) in [6.07, 6.45) is 0. The molecule has 0 aliphatic carbocycles. The molecule has 0 saturated carbocycles. The monoisotopic (exact) mass is 623 g/mol. The predicted molar refractivity (Wildman–Crippen MR) is 188 cm³/mol. The van der Waals surface area contributed by atoms with E-state index < -0.39 is 0 Å². The third kappa shape index (κ3) is 3.99. The normalized spacial score (nSPS) is 12.6. The molecule has 0 saturated heterocycles. The number of oxazole rings is 3. The molecule has 9 aromatic rings. The van der Waals surface area contributed by atoms with E-state index in [-0.39, 0.29) is 0 Å². The summed E-state index contributed by atoms with van der Waals surface area (Å²) < 4.78 is 19.4. The lowest BCUT2D eigenvalue weighted by Gasteiger charge is -2.39. The molecular weight excluding hydrogens is 598 g/mol. The van der Waals surface area contributed by atoms with Gasteiger partial charge >= 0.3 is 0 Å². The fourth-order valence-corrected chi connectivity index (χ4v) is 6.67. The molecule has 6 aromatic carbocycles. The highest BCUT2D eigenvalue weighted by molar-refractivity contribution is 6.05. The van der Waals surface area contributed by atoms with E-state index in [0.717, 1.165) is 61.7 Å². The summed E-state index contributed by atoms with van der Waals surface area (Å²) in [5.41, 5.74) is 11.4. The second-order valence-corrected chi connectivity index (χ2v) is 11.8. The Labute approximate surface area is 274 Å². The summed E-state index contributed by atoms with van der Waals surface area (Å²) >= 11 is 0. The smallest absolute Gasteiger partial charge is 0.229 e. The van der Waals surface area contributed by atoms with Crippen LogP contribution in [0.3, 0.4) is 0 Å². The Kier molecular flexibility index (Phi) is 5.62. The van der Waals surface area contributed by atoms with Crippen molar-refractivity contribution in [1.82, 2.24) is 15.0 Å². The molecule has 1 aliphatic heterocycles. The van der Waals surface area contributed by atoms with Crippen molar-refractivity contribution < 1.29 is 13.3 Å². The second kappa shape index (κ2) is 10.2. The molecule has 4 heterocycles. The quantitative estimate of drug-likeness (QED) is 0.191. The Morgan fingerprint density at radius 1 is 0.438 bits per heavy atom. The SMILES string of the molecule is CN1c2ccccc2N(c2c(-c3nc4ccccc4o3)cc(-c3nc4ccccc4o3)cc2-c2nc3ccccc3o2)c2ccccc21. The van der Waals surface area contributed by atoms with Crippen LogP contribution in [0.15, 0.2) is 147 Å². The van der Waals surface area contributed by atoms with Gasteiger partial charge in [0, 0.05) is 12.6 Å². The molecule has 0 N–H and O–H groups in total. The van der Waals surface area contributed by atoms with Crippen molar-refractivity contribution in [2.24, 2.45) is 0 Å². The van der Waals surface area contributed by atoms with Crippen molar-refractivity contribution in [1.29, 1.82) is 0 Å². The molecule has 0 radical (unpaired) electrons. The van der Waals surface area contributed by atoms with Gasteiger partial charge < -0.3 is 23.1 Å². The van der Waals surface area contributed by atoms with Gasteiger partial charge in [0.2, 0.25) is 17.7 Å². The minimum absolute atomic E-state index is 0.454. The lowest BCUT2D eigenvalue weighted by molar-refractivity contribution is 0.615. The van der Waals surface area contributed by atoms with Crippen LogP contribution in [-0.4, -0.2) is 22.0 Å². The van der Waals surface area contributed by atoms with E-state index >= 15 is 0 Å². The zero-order chi connectivity index (χ0) is 31.8. The molecule has 0 unspecified atom stereocenters. The highest BCUT2D eigenvalue weighted by Crippen LogP contribution is 2.55. The van der Waals surface area contributed by atoms with E-state index in [2.05, 4.69) is 65.4 Å². The first-order valence-electron chi connectivity index (χ1n) is 15.7. The van der Waals surface area contributed by atoms with Crippen LogP contribution < -0.4 is 9.80 Å². The maximum absolute atomic E-state index is 6.53. The number of nitrogens with zero attached hydrogens (tertiary/aromatic N) is 5. The summed E-state index contributed by atoms with van der Waals surface area (Å²) in [5.74, 6) is 1.38. The lowest BCUT2D eigenvalue weighted by Crippen LogP contribution is -2.24. The van der Waals surface area contributed by atoms with Crippen LogP contribution in [0.5, 0.6) is 0 Å². The topological polar surface area (TPSA) is 84.6 Å². The Morgan fingerprint density at radius 3 is 1.27 bits per heavy atom. The predicted octanol–water partition coefficient (Wildman–Crippen LogP) is 10.7. The Morgan fingerprint density at radius 2 is 0.812 bits per heavy atom. The van der Waals surface area contributed by atoms with E-state index in [1.807, 2.05) is 84.9 Å². The van der Waals surface area contributed by atoms with E-state index in [0.29, 0.717) is 34.4 Å². The molecule has 48 heavy (non-hydrogen) atoms. The van der Waals surface area contributed by atoms with Gasteiger partial charge in [-0.2, -0.15) is 0 Å². The van der Waals surface area contributed by atoms with Crippen molar-refractivity contribution in [2.45, 2.75) is 0 Å². The van der Waals surface area contributed by atoms with Crippen LogP contribution in [0.25, 0.3) is 67.7 Å². The molecule has 228 valence electrons. The molecule has 0 amide bonds.